The number of carbonyl (C=O) groups is 1. The first-order valence-electron chi connectivity index (χ1n) is 8.19. The van der Waals surface area contributed by atoms with Crippen molar-refractivity contribution in [2.75, 3.05) is 13.4 Å². The van der Waals surface area contributed by atoms with E-state index in [4.69, 9.17) is 9.47 Å². The lowest BCUT2D eigenvalue weighted by Crippen LogP contribution is -1.98. The van der Waals surface area contributed by atoms with Crippen molar-refractivity contribution in [2.45, 2.75) is 77.6 Å². The monoisotopic (exact) mass is 284 g/mol. The summed E-state index contributed by atoms with van der Waals surface area (Å²) in [6, 6.07) is 0. The highest BCUT2D eigenvalue weighted by Crippen LogP contribution is 2.06. The van der Waals surface area contributed by atoms with Gasteiger partial charge in [0.2, 0.25) is 0 Å². The quantitative estimate of drug-likeness (QED) is 0.173. The van der Waals surface area contributed by atoms with Crippen LogP contribution in [0.2, 0.25) is 0 Å². The third-order valence-electron chi connectivity index (χ3n) is 3.18. The Morgan fingerprint density at radius 3 is 2.30 bits per heavy atom. The van der Waals surface area contributed by atoms with Gasteiger partial charge in [-0.1, -0.05) is 45.4 Å². The van der Waals surface area contributed by atoms with Crippen LogP contribution < -0.4 is 0 Å². The molecule has 0 fully saturated rings. The minimum Gasteiger partial charge on any atom is -0.475 e. The standard InChI is InChI=1S/C17H32O3/c1-2-3-4-5-6-9-12-15-19-17-20-16-13-10-7-8-11-14-18/h13-14,16H,2-12,15,17H2,1H3. The number of hydrogen-bond donors (Lipinski definition) is 0. The molecule has 0 rings (SSSR count). The number of ether oxygens (including phenoxy) is 2. The summed E-state index contributed by atoms with van der Waals surface area (Å²) in [5.41, 5.74) is 0. The molecule has 0 radical (unpaired) electrons. The summed E-state index contributed by atoms with van der Waals surface area (Å²) in [6.45, 7) is 3.38. The molecule has 0 heterocycles. The van der Waals surface area contributed by atoms with Crippen molar-refractivity contribution in [3.8, 4) is 0 Å². The van der Waals surface area contributed by atoms with Crippen molar-refractivity contribution in [1.82, 2.24) is 0 Å². The highest BCUT2D eigenvalue weighted by molar-refractivity contribution is 5.48. The predicted molar refractivity (Wildman–Crippen MR) is 83.6 cm³/mol. The summed E-state index contributed by atoms with van der Waals surface area (Å²) in [6.07, 6.45) is 17.4. The van der Waals surface area contributed by atoms with Gasteiger partial charge >= 0.3 is 0 Å². The normalized spacial score (nSPS) is 11.1. The van der Waals surface area contributed by atoms with Crippen molar-refractivity contribution in [2.24, 2.45) is 0 Å². The van der Waals surface area contributed by atoms with Gasteiger partial charge < -0.3 is 14.3 Å². The molecule has 0 N–H and O–H groups in total. The molecule has 0 aromatic rings. The van der Waals surface area contributed by atoms with E-state index in [2.05, 4.69) is 6.92 Å². The maximum atomic E-state index is 10.1. The van der Waals surface area contributed by atoms with Gasteiger partial charge in [0, 0.05) is 6.42 Å². The zero-order chi connectivity index (χ0) is 14.7. The Hall–Kier alpha value is -0.830. The molecule has 0 saturated heterocycles. The fraction of sp³-hybridized carbons (Fsp3) is 0.824. The van der Waals surface area contributed by atoms with Crippen molar-refractivity contribution in [3.05, 3.63) is 12.3 Å². The summed E-state index contributed by atoms with van der Waals surface area (Å²) >= 11 is 0. The molecule has 0 aliphatic carbocycles. The van der Waals surface area contributed by atoms with E-state index in [9.17, 15) is 4.79 Å². The van der Waals surface area contributed by atoms with Gasteiger partial charge in [-0.2, -0.15) is 0 Å². The first-order chi connectivity index (χ1) is 9.91. The molecule has 0 aliphatic rings. The Kier molecular flexibility index (Phi) is 17.4. The van der Waals surface area contributed by atoms with E-state index in [0.29, 0.717) is 13.2 Å². The van der Waals surface area contributed by atoms with Crippen LogP contribution >= 0.6 is 0 Å². The van der Waals surface area contributed by atoms with Crippen LogP contribution in [0, 0.1) is 0 Å². The first-order valence-corrected chi connectivity index (χ1v) is 8.19. The van der Waals surface area contributed by atoms with Gasteiger partial charge in [-0.25, -0.2) is 0 Å². The summed E-state index contributed by atoms with van der Waals surface area (Å²) < 4.78 is 10.6. The van der Waals surface area contributed by atoms with Crippen molar-refractivity contribution >= 4 is 6.29 Å². The molecule has 0 amide bonds. The third-order valence-corrected chi connectivity index (χ3v) is 3.18. The van der Waals surface area contributed by atoms with Gasteiger partial charge in [0.15, 0.2) is 6.79 Å². The van der Waals surface area contributed by atoms with Crippen LogP contribution in [0.5, 0.6) is 0 Å². The fourth-order valence-corrected chi connectivity index (χ4v) is 1.93. The van der Waals surface area contributed by atoms with Crippen molar-refractivity contribution in [1.29, 1.82) is 0 Å². The van der Waals surface area contributed by atoms with Crippen LogP contribution in [0.3, 0.4) is 0 Å². The molecule has 0 bridgehead atoms. The Labute approximate surface area is 124 Å². The van der Waals surface area contributed by atoms with Gasteiger partial charge in [0.1, 0.15) is 6.29 Å². The first kappa shape index (κ1) is 19.2. The minimum atomic E-state index is 0.348. The molecule has 0 spiro atoms. The van der Waals surface area contributed by atoms with E-state index in [0.717, 1.165) is 38.6 Å². The van der Waals surface area contributed by atoms with Crippen LogP contribution in [0.4, 0.5) is 0 Å². The topological polar surface area (TPSA) is 35.5 Å². The Morgan fingerprint density at radius 1 is 0.850 bits per heavy atom. The van der Waals surface area contributed by atoms with Gasteiger partial charge in [0.05, 0.1) is 12.9 Å². The summed E-state index contributed by atoms with van der Waals surface area (Å²) in [5.74, 6) is 0. The van der Waals surface area contributed by atoms with Gasteiger partial charge in [-0.05, 0) is 31.8 Å². The third kappa shape index (κ3) is 17.2. The zero-order valence-electron chi connectivity index (χ0n) is 13.1. The summed E-state index contributed by atoms with van der Waals surface area (Å²) in [7, 11) is 0. The lowest BCUT2D eigenvalue weighted by molar-refractivity contribution is -0.107. The fourth-order valence-electron chi connectivity index (χ4n) is 1.93. The van der Waals surface area contributed by atoms with E-state index in [1.165, 1.54) is 38.5 Å². The van der Waals surface area contributed by atoms with Gasteiger partial charge in [-0.15, -0.1) is 0 Å². The maximum absolute atomic E-state index is 10.1. The lowest BCUT2D eigenvalue weighted by atomic mass is 10.1. The van der Waals surface area contributed by atoms with Gasteiger partial charge in [-0.3, -0.25) is 0 Å². The van der Waals surface area contributed by atoms with Crippen LogP contribution in [0.25, 0.3) is 0 Å². The predicted octanol–water partition coefficient (Wildman–Crippen LogP) is 5.00. The molecule has 0 aromatic heterocycles. The Bertz CT molecular complexity index is 214. The molecule has 0 unspecified atom stereocenters. The number of hydrogen-bond acceptors (Lipinski definition) is 3. The van der Waals surface area contributed by atoms with E-state index in [-0.39, 0.29) is 0 Å². The second kappa shape index (κ2) is 18.2. The second-order valence-corrected chi connectivity index (χ2v) is 5.14. The molecule has 0 saturated carbocycles. The van der Waals surface area contributed by atoms with E-state index >= 15 is 0 Å². The summed E-state index contributed by atoms with van der Waals surface area (Å²) in [5, 5.41) is 0. The SMILES string of the molecule is CCCCCCCCCOCOC=CCCCCC=O. The van der Waals surface area contributed by atoms with Crippen LogP contribution in [-0.4, -0.2) is 19.7 Å². The molecular formula is C17H32O3. The highest BCUT2D eigenvalue weighted by Gasteiger charge is 1.91. The van der Waals surface area contributed by atoms with Crippen LogP contribution in [0.15, 0.2) is 12.3 Å². The van der Waals surface area contributed by atoms with Crippen LogP contribution in [0.1, 0.15) is 77.6 Å². The molecular weight excluding hydrogens is 252 g/mol. The molecule has 20 heavy (non-hydrogen) atoms. The highest BCUT2D eigenvalue weighted by atomic mass is 16.7. The number of aldehydes is 1. The molecule has 3 nitrogen and oxygen atoms in total. The molecule has 0 atom stereocenters. The summed E-state index contributed by atoms with van der Waals surface area (Å²) in [4.78, 5) is 10.1. The zero-order valence-corrected chi connectivity index (χ0v) is 13.1. The van der Waals surface area contributed by atoms with E-state index in [1.807, 2.05) is 6.08 Å². The molecule has 3 heteroatoms. The average Bonchev–Trinajstić information content (AvgIpc) is 2.47. The van der Waals surface area contributed by atoms with Crippen molar-refractivity contribution < 1.29 is 14.3 Å². The Morgan fingerprint density at radius 2 is 1.55 bits per heavy atom. The molecule has 0 aliphatic heterocycles. The number of allylic oxidation sites excluding steroid dienone is 1. The van der Waals surface area contributed by atoms with Crippen LogP contribution in [-0.2, 0) is 14.3 Å². The Balaban J connectivity index is 3.01. The van der Waals surface area contributed by atoms with E-state index in [1.54, 1.807) is 6.26 Å². The number of unbranched alkanes of at least 4 members (excludes halogenated alkanes) is 9. The lowest BCUT2D eigenvalue weighted by Gasteiger charge is -2.04. The van der Waals surface area contributed by atoms with Crippen molar-refractivity contribution in [3.63, 3.8) is 0 Å². The molecule has 118 valence electrons. The largest absolute Gasteiger partial charge is 0.475 e. The van der Waals surface area contributed by atoms with Gasteiger partial charge in [0.25, 0.3) is 0 Å². The molecule has 0 aromatic carbocycles. The average molecular weight is 284 g/mol. The van der Waals surface area contributed by atoms with E-state index < -0.39 is 0 Å². The number of rotatable bonds is 16. The number of carbonyl (C=O) groups excluding carboxylic acids is 1. The minimum absolute atomic E-state index is 0.348. The second-order valence-electron chi connectivity index (χ2n) is 5.14. The smallest absolute Gasteiger partial charge is 0.188 e. The maximum Gasteiger partial charge on any atom is 0.188 e.